The van der Waals surface area contributed by atoms with Gasteiger partial charge in [0, 0.05) is 24.8 Å². The fourth-order valence-electron chi connectivity index (χ4n) is 4.33. The van der Waals surface area contributed by atoms with Gasteiger partial charge in [-0.25, -0.2) is 0 Å². The van der Waals surface area contributed by atoms with Gasteiger partial charge in [0.2, 0.25) is 0 Å². The summed E-state index contributed by atoms with van der Waals surface area (Å²) in [7, 11) is 0. The summed E-state index contributed by atoms with van der Waals surface area (Å²) in [6.07, 6.45) is 3.44. The first-order chi connectivity index (χ1) is 9.63. The van der Waals surface area contributed by atoms with Crippen molar-refractivity contribution in [2.24, 2.45) is 5.92 Å². The number of fused-ring (bicyclic) bond motifs is 3. The van der Waals surface area contributed by atoms with E-state index >= 15 is 0 Å². The third kappa shape index (κ3) is 1.63. The van der Waals surface area contributed by atoms with Crippen LogP contribution in [0.5, 0.6) is 0 Å². The average molecular weight is 272 g/mol. The monoisotopic (exact) mass is 272 g/mol. The molecule has 4 rings (SSSR count). The van der Waals surface area contributed by atoms with E-state index < -0.39 is 5.79 Å². The first-order valence-electron chi connectivity index (χ1n) is 7.54. The van der Waals surface area contributed by atoms with Gasteiger partial charge in [0.15, 0.2) is 11.6 Å². The van der Waals surface area contributed by atoms with Crippen LogP contribution < -0.4 is 0 Å². The van der Waals surface area contributed by atoms with E-state index in [0.717, 1.165) is 24.8 Å². The fraction of sp³-hybridized carbons (Fsp3) is 0.588. The molecule has 20 heavy (non-hydrogen) atoms. The highest BCUT2D eigenvalue weighted by Gasteiger charge is 2.53. The Morgan fingerprint density at radius 1 is 1.15 bits per heavy atom. The van der Waals surface area contributed by atoms with Gasteiger partial charge in [-0.05, 0) is 23.3 Å². The van der Waals surface area contributed by atoms with Crippen LogP contribution in [0.1, 0.15) is 48.5 Å². The van der Waals surface area contributed by atoms with E-state index in [0.29, 0.717) is 25.6 Å². The van der Waals surface area contributed by atoms with E-state index in [2.05, 4.69) is 13.0 Å². The number of Topliss-reactive ketones (excluding diaryl/α,β-unsaturated/α-hetero) is 1. The molecular weight excluding hydrogens is 252 g/mol. The van der Waals surface area contributed by atoms with Crippen molar-refractivity contribution in [3.05, 3.63) is 35.4 Å². The topological polar surface area (TPSA) is 35.5 Å². The van der Waals surface area contributed by atoms with E-state index in [4.69, 9.17) is 9.47 Å². The van der Waals surface area contributed by atoms with Crippen molar-refractivity contribution in [3.8, 4) is 0 Å². The molecule has 1 aliphatic heterocycles. The van der Waals surface area contributed by atoms with Crippen molar-refractivity contribution in [2.75, 3.05) is 13.2 Å². The van der Waals surface area contributed by atoms with Gasteiger partial charge in [-0.2, -0.15) is 0 Å². The van der Waals surface area contributed by atoms with Gasteiger partial charge in [0.1, 0.15) is 0 Å². The van der Waals surface area contributed by atoms with Crippen molar-refractivity contribution in [1.29, 1.82) is 0 Å². The van der Waals surface area contributed by atoms with E-state index in [1.54, 1.807) is 0 Å². The minimum absolute atomic E-state index is 0.0884. The van der Waals surface area contributed by atoms with Gasteiger partial charge >= 0.3 is 0 Å². The molecule has 3 heteroatoms. The molecule has 1 saturated carbocycles. The van der Waals surface area contributed by atoms with E-state index in [1.807, 2.05) is 18.2 Å². The Balaban J connectivity index is 1.75. The Bertz CT molecular complexity index is 559. The molecule has 0 bridgehead atoms. The maximum Gasteiger partial charge on any atom is 0.168 e. The van der Waals surface area contributed by atoms with Crippen molar-refractivity contribution in [3.63, 3.8) is 0 Å². The molecule has 2 aliphatic carbocycles. The molecule has 106 valence electrons. The van der Waals surface area contributed by atoms with Crippen molar-refractivity contribution < 1.29 is 14.3 Å². The second-order valence-corrected chi connectivity index (χ2v) is 6.60. The van der Waals surface area contributed by atoms with Crippen LogP contribution in [0.3, 0.4) is 0 Å². The van der Waals surface area contributed by atoms with Gasteiger partial charge in [-0.15, -0.1) is 0 Å². The molecule has 0 aromatic heterocycles. The lowest BCUT2D eigenvalue weighted by atomic mass is 9.57. The van der Waals surface area contributed by atoms with Crippen LogP contribution in [0.2, 0.25) is 0 Å². The van der Waals surface area contributed by atoms with Crippen molar-refractivity contribution >= 4 is 5.78 Å². The zero-order valence-electron chi connectivity index (χ0n) is 11.9. The number of carbonyl (C=O) groups excluding carboxylic acids is 1. The van der Waals surface area contributed by atoms with Gasteiger partial charge < -0.3 is 9.47 Å². The van der Waals surface area contributed by atoms with Crippen LogP contribution in [0, 0.1) is 5.92 Å². The zero-order valence-corrected chi connectivity index (χ0v) is 11.9. The van der Waals surface area contributed by atoms with Crippen LogP contribution in [0.15, 0.2) is 24.3 Å². The number of rotatable bonds is 0. The molecule has 2 atom stereocenters. The fourth-order valence-corrected chi connectivity index (χ4v) is 4.33. The van der Waals surface area contributed by atoms with E-state index in [9.17, 15) is 4.79 Å². The van der Waals surface area contributed by atoms with E-state index in [1.165, 1.54) is 5.56 Å². The lowest BCUT2D eigenvalue weighted by Crippen LogP contribution is -2.50. The molecule has 1 spiro atoms. The zero-order chi connectivity index (χ0) is 13.8. The van der Waals surface area contributed by atoms with Gasteiger partial charge in [0.25, 0.3) is 0 Å². The Morgan fingerprint density at radius 2 is 1.90 bits per heavy atom. The van der Waals surface area contributed by atoms with Crippen molar-refractivity contribution in [1.82, 2.24) is 0 Å². The molecule has 1 aromatic carbocycles. The predicted octanol–water partition coefficient (Wildman–Crippen LogP) is 3.07. The third-order valence-corrected chi connectivity index (χ3v) is 5.57. The van der Waals surface area contributed by atoms with Gasteiger partial charge in [-0.1, -0.05) is 31.2 Å². The summed E-state index contributed by atoms with van der Waals surface area (Å²) in [5.74, 6) is 0.200. The number of ketones is 1. The van der Waals surface area contributed by atoms with Crippen LogP contribution >= 0.6 is 0 Å². The highest BCUT2D eigenvalue weighted by Crippen LogP contribution is 2.54. The summed E-state index contributed by atoms with van der Waals surface area (Å²) in [6, 6.07) is 8.13. The minimum Gasteiger partial charge on any atom is -0.348 e. The highest BCUT2D eigenvalue weighted by molar-refractivity contribution is 5.99. The number of hydrogen-bond donors (Lipinski definition) is 0. The number of ether oxygens (including phenoxy) is 2. The smallest absolute Gasteiger partial charge is 0.168 e. The molecular formula is C17H20O3. The number of hydrogen-bond acceptors (Lipinski definition) is 3. The molecule has 0 N–H and O–H groups in total. The first-order valence-corrected chi connectivity index (χ1v) is 7.54. The molecule has 0 radical (unpaired) electrons. The normalized spacial score (nSPS) is 34.9. The minimum atomic E-state index is -0.406. The summed E-state index contributed by atoms with van der Waals surface area (Å²) >= 11 is 0. The molecule has 1 saturated heterocycles. The van der Waals surface area contributed by atoms with Crippen molar-refractivity contribution in [2.45, 2.75) is 43.8 Å². The van der Waals surface area contributed by atoms with Crippen LogP contribution in [0.25, 0.3) is 0 Å². The average Bonchev–Trinajstić information content (AvgIpc) is 2.91. The summed E-state index contributed by atoms with van der Waals surface area (Å²) in [5, 5.41) is 0. The quantitative estimate of drug-likeness (QED) is 0.728. The predicted molar refractivity (Wildman–Crippen MR) is 74.7 cm³/mol. The first kappa shape index (κ1) is 12.5. The Morgan fingerprint density at radius 3 is 2.70 bits per heavy atom. The highest BCUT2D eigenvalue weighted by atomic mass is 16.7. The molecule has 0 unspecified atom stereocenters. The molecule has 3 nitrogen and oxygen atoms in total. The maximum absolute atomic E-state index is 12.4. The lowest BCUT2D eigenvalue weighted by molar-refractivity contribution is -0.197. The summed E-state index contributed by atoms with van der Waals surface area (Å²) in [5.41, 5.74) is 2.25. The lowest BCUT2D eigenvalue weighted by Gasteiger charge is -2.50. The van der Waals surface area contributed by atoms with Crippen LogP contribution in [-0.2, 0) is 14.9 Å². The Hall–Kier alpha value is -1.19. The third-order valence-electron chi connectivity index (χ3n) is 5.57. The Labute approximate surface area is 119 Å². The largest absolute Gasteiger partial charge is 0.348 e. The summed E-state index contributed by atoms with van der Waals surface area (Å²) in [6.45, 7) is 3.69. The Kier molecular flexibility index (Phi) is 2.60. The standard InChI is InChI=1S/C17H20O3/c1-16-6-7-17(19-8-9-20-17)11-12(16)10-15(18)13-4-2-3-5-14(13)16/h2-5,12H,6-11H2,1H3/t12-,16-/m0/s1. The van der Waals surface area contributed by atoms with Crippen LogP contribution in [0.4, 0.5) is 0 Å². The molecule has 3 aliphatic rings. The summed E-state index contributed by atoms with van der Waals surface area (Å²) < 4.78 is 11.7. The number of carbonyl (C=O) groups is 1. The second kappa shape index (κ2) is 4.15. The molecule has 2 fully saturated rings. The number of benzene rings is 1. The van der Waals surface area contributed by atoms with E-state index in [-0.39, 0.29) is 11.2 Å². The SMILES string of the molecule is C[C@]12CCC3(C[C@@H]1CC(=O)c1ccccc12)OCCO3. The van der Waals surface area contributed by atoms with Gasteiger partial charge in [0.05, 0.1) is 13.2 Å². The van der Waals surface area contributed by atoms with Crippen LogP contribution in [-0.4, -0.2) is 24.8 Å². The van der Waals surface area contributed by atoms with Gasteiger partial charge in [-0.3, -0.25) is 4.79 Å². The molecule has 1 heterocycles. The molecule has 1 aromatic rings. The summed E-state index contributed by atoms with van der Waals surface area (Å²) in [4.78, 5) is 12.4. The second-order valence-electron chi connectivity index (χ2n) is 6.60. The molecule has 0 amide bonds. The maximum atomic E-state index is 12.4.